The molecule has 1 N–H and O–H groups in total. The number of nitrogens with zero attached hydrogens (tertiary/aromatic N) is 2. The zero-order valence-electron chi connectivity index (χ0n) is 11.3. The lowest BCUT2D eigenvalue weighted by Gasteiger charge is -2.37. The van der Waals surface area contributed by atoms with Crippen LogP contribution in [0.3, 0.4) is 0 Å². The maximum Gasteiger partial charge on any atom is 0.127 e. The number of hydrogen-bond acceptors (Lipinski definition) is 3. The Morgan fingerprint density at radius 2 is 1.95 bits per heavy atom. The third-order valence-electron chi connectivity index (χ3n) is 4.31. The highest BCUT2D eigenvalue weighted by Gasteiger charge is 2.26. The zero-order valence-corrected chi connectivity index (χ0v) is 11.3. The summed E-state index contributed by atoms with van der Waals surface area (Å²) >= 11 is 0. The molecule has 0 aliphatic carbocycles. The predicted octanol–water partition coefficient (Wildman–Crippen LogP) is 1.31. The van der Waals surface area contributed by atoms with Crippen LogP contribution >= 0.6 is 0 Å². The normalized spacial score (nSPS) is 25.8. The first-order chi connectivity index (χ1) is 9.33. The molecule has 0 amide bonds. The molecule has 1 unspecified atom stereocenters. The Morgan fingerprint density at radius 3 is 2.63 bits per heavy atom. The highest BCUT2D eigenvalue weighted by Crippen LogP contribution is 2.15. The van der Waals surface area contributed by atoms with E-state index in [1.807, 2.05) is 12.1 Å². The van der Waals surface area contributed by atoms with Gasteiger partial charge in [-0.1, -0.05) is 18.2 Å². The van der Waals surface area contributed by atoms with Gasteiger partial charge in [-0.15, -0.1) is 0 Å². The van der Waals surface area contributed by atoms with Crippen LogP contribution in [0.25, 0.3) is 0 Å². The summed E-state index contributed by atoms with van der Waals surface area (Å²) < 4.78 is 13.6. The highest BCUT2D eigenvalue weighted by molar-refractivity contribution is 5.17. The van der Waals surface area contributed by atoms with E-state index in [9.17, 15) is 4.39 Å². The number of halogens is 1. The van der Waals surface area contributed by atoms with Crippen LogP contribution in [-0.2, 0) is 6.54 Å². The summed E-state index contributed by atoms with van der Waals surface area (Å²) in [4.78, 5) is 4.94. The third kappa shape index (κ3) is 3.14. The average Bonchev–Trinajstić information content (AvgIpc) is 2.96. The molecule has 0 saturated carbocycles. The Hall–Kier alpha value is -0.970. The first kappa shape index (κ1) is 13.0. The fourth-order valence-electron chi connectivity index (χ4n) is 3.11. The summed E-state index contributed by atoms with van der Waals surface area (Å²) in [5, 5.41) is 3.42. The molecule has 0 bridgehead atoms. The summed E-state index contributed by atoms with van der Waals surface area (Å²) in [7, 11) is 0. The van der Waals surface area contributed by atoms with E-state index in [0.717, 1.165) is 57.4 Å². The average molecular weight is 263 g/mol. The van der Waals surface area contributed by atoms with E-state index in [4.69, 9.17) is 0 Å². The first-order valence-corrected chi connectivity index (χ1v) is 7.23. The molecular formula is C15H22FN3. The molecule has 19 heavy (non-hydrogen) atoms. The van der Waals surface area contributed by atoms with Crippen molar-refractivity contribution < 1.29 is 4.39 Å². The van der Waals surface area contributed by atoms with Crippen molar-refractivity contribution >= 4 is 0 Å². The van der Waals surface area contributed by atoms with Gasteiger partial charge in [-0.25, -0.2) is 4.39 Å². The summed E-state index contributed by atoms with van der Waals surface area (Å²) in [5.74, 6) is -0.0788. The van der Waals surface area contributed by atoms with Crippen molar-refractivity contribution in [3.8, 4) is 0 Å². The van der Waals surface area contributed by atoms with Gasteiger partial charge in [-0.2, -0.15) is 0 Å². The predicted molar refractivity (Wildman–Crippen MR) is 74.5 cm³/mol. The Bertz CT molecular complexity index is 410. The fourth-order valence-corrected chi connectivity index (χ4v) is 3.11. The number of rotatable bonds is 3. The molecule has 2 fully saturated rings. The summed E-state index contributed by atoms with van der Waals surface area (Å²) in [6.07, 6.45) is 1.27. The van der Waals surface area contributed by atoms with Crippen LogP contribution in [0.4, 0.5) is 4.39 Å². The molecule has 2 aliphatic rings. The van der Waals surface area contributed by atoms with Crippen LogP contribution in [0.2, 0.25) is 0 Å². The Morgan fingerprint density at radius 1 is 1.16 bits per heavy atom. The van der Waals surface area contributed by atoms with Gasteiger partial charge in [0.05, 0.1) is 0 Å². The lowest BCUT2D eigenvalue weighted by atomic mass is 10.1. The van der Waals surface area contributed by atoms with Gasteiger partial charge < -0.3 is 5.32 Å². The molecule has 104 valence electrons. The summed E-state index contributed by atoms with van der Waals surface area (Å²) in [5.41, 5.74) is 0.818. The van der Waals surface area contributed by atoms with Crippen LogP contribution in [0.15, 0.2) is 24.3 Å². The number of benzene rings is 1. The first-order valence-electron chi connectivity index (χ1n) is 7.23. The molecule has 2 heterocycles. The molecule has 0 spiro atoms. The molecule has 1 aromatic carbocycles. The van der Waals surface area contributed by atoms with Crippen LogP contribution in [-0.4, -0.2) is 55.1 Å². The molecule has 3 nitrogen and oxygen atoms in total. The van der Waals surface area contributed by atoms with E-state index < -0.39 is 0 Å². The number of piperazine rings is 1. The second-order valence-corrected chi connectivity index (χ2v) is 5.55. The minimum Gasteiger partial charge on any atom is -0.315 e. The molecule has 1 atom stereocenters. The smallest absolute Gasteiger partial charge is 0.127 e. The zero-order chi connectivity index (χ0) is 13.1. The maximum absolute atomic E-state index is 13.6. The third-order valence-corrected chi connectivity index (χ3v) is 4.31. The standard InChI is InChI=1S/C15H22FN3/c16-15-4-2-1-3-13(15)12-18-7-9-19(10-8-18)14-5-6-17-11-14/h1-4,14,17H,5-12H2. The van der Waals surface area contributed by atoms with Crippen molar-refractivity contribution in [1.82, 2.24) is 15.1 Å². The highest BCUT2D eigenvalue weighted by atomic mass is 19.1. The van der Waals surface area contributed by atoms with Crippen molar-refractivity contribution in [3.63, 3.8) is 0 Å². The Balaban J connectivity index is 1.51. The Kier molecular flexibility index (Phi) is 4.11. The van der Waals surface area contributed by atoms with E-state index >= 15 is 0 Å². The van der Waals surface area contributed by atoms with Crippen molar-refractivity contribution in [2.24, 2.45) is 0 Å². The minimum atomic E-state index is -0.0788. The van der Waals surface area contributed by atoms with Gasteiger partial charge in [-0.05, 0) is 19.0 Å². The molecule has 2 saturated heterocycles. The lowest BCUT2D eigenvalue weighted by Crippen LogP contribution is -2.50. The fraction of sp³-hybridized carbons (Fsp3) is 0.600. The number of hydrogen-bond donors (Lipinski definition) is 1. The number of nitrogens with one attached hydrogen (secondary N) is 1. The molecular weight excluding hydrogens is 241 g/mol. The van der Waals surface area contributed by atoms with Crippen molar-refractivity contribution in [2.45, 2.75) is 19.0 Å². The van der Waals surface area contributed by atoms with Gasteiger partial charge >= 0.3 is 0 Å². The minimum absolute atomic E-state index is 0.0788. The largest absolute Gasteiger partial charge is 0.315 e. The topological polar surface area (TPSA) is 18.5 Å². The SMILES string of the molecule is Fc1ccccc1CN1CCN(C2CCNC2)CC1. The monoisotopic (exact) mass is 263 g/mol. The molecule has 1 aromatic rings. The quantitative estimate of drug-likeness (QED) is 0.887. The molecule has 0 aromatic heterocycles. The molecule has 2 aliphatic heterocycles. The van der Waals surface area contributed by atoms with Crippen molar-refractivity contribution in [1.29, 1.82) is 0 Å². The van der Waals surface area contributed by atoms with Gasteiger partial charge in [0, 0.05) is 50.9 Å². The van der Waals surface area contributed by atoms with E-state index in [1.54, 1.807) is 12.1 Å². The van der Waals surface area contributed by atoms with Crippen LogP contribution in [0.1, 0.15) is 12.0 Å². The van der Waals surface area contributed by atoms with Gasteiger partial charge in [-0.3, -0.25) is 9.80 Å². The summed E-state index contributed by atoms with van der Waals surface area (Å²) in [6.45, 7) is 7.34. The van der Waals surface area contributed by atoms with Crippen molar-refractivity contribution in [3.05, 3.63) is 35.6 Å². The second kappa shape index (κ2) is 5.99. The van der Waals surface area contributed by atoms with E-state index in [0.29, 0.717) is 0 Å². The van der Waals surface area contributed by atoms with Gasteiger partial charge in [0.1, 0.15) is 5.82 Å². The van der Waals surface area contributed by atoms with Gasteiger partial charge in [0.25, 0.3) is 0 Å². The summed E-state index contributed by atoms with van der Waals surface area (Å²) in [6, 6.07) is 7.83. The van der Waals surface area contributed by atoms with Crippen LogP contribution in [0, 0.1) is 5.82 Å². The maximum atomic E-state index is 13.6. The van der Waals surface area contributed by atoms with Crippen LogP contribution in [0.5, 0.6) is 0 Å². The molecule has 0 radical (unpaired) electrons. The van der Waals surface area contributed by atoms with E-state index in [2.05, 4.69) is 15.1 Å². The van der Waals surface area contributed by atoms with E-state index in [-0.39, 0.29) is 5.82 Å². The molecule has 3 rings (SSSR count). The Labute approximate surface area is 114 Å². The van der Waals surface area contributed by atoms with Gasteiger partial charge in [0.15, 0.2) is 0 Å². The molecule has 4 heteroatoms. The second-order valence-electron chi connectivity index (χ2n) is 5.55. The van der Waals surface area contributed by atoms with Crippen molar-refractivity contribution in [2.75, 3.05) is 39.3 Å². The lowest BCUT2D eigenvalue weighted by molar-refractivity contribution is 0.0974. The van der Waals surface area contributed by atoms with Crippen LogP contribution < -0.4 is 5.32 Å². The van der Waals surface area contributed by atoms with Gasteiger partial charge in [0.2, 0.25) is 0 Å². The van der Waals surface area contributed by atoms with E-state index in [1.165, 1.54) is 6.42 Å².